The molecular weight excluding hydrogens is 294 g/mol. The molecule has 2 aliphatic rings. The van der Waals surface area contributed by atoms with Crippen molar-refractivity contribution in [3.05, 3.63) is 0 Å². The van der Waals surface area contributed by atoms with Gasteiger partial charge in [-0.2, -0.15) is 17.0 Å². The van der Waals surface area contributed by atoms with Crippen LogP contribution in [0.4, 0.5) is 0 Å². The lowest BCUT2D eigenvalue weighted by Crippen LogP contribution is -2.54. The van der Waals surface area contributed by atoms with Crippen LogP contribution in [0.1, 0.15) is 26.2 Å². The second-order valence-electron chi connectivity index (χ2n) is 6.12. The third-order valence-corrected chi connectivity index (χ3v) is 6.27. The molecule has 2 N–H and O–H groups in total. The Hall–Kier alpha value is -0.700. The smallest absolute Gasteiger partial charge is 0.308 e. The number of piperidine rings is 2. The van der Waals surface area contributed by atoms with Crippen molar-refractivity contribution in [1.82, 2.24) is 8.61 Å². The molecule has 2 atom stereocenters. The summed E-state index contributed by atoms with van der Waals surface area (Å²) in [5, 5.41) is 0. The van der Waals surface area contributed by atoms with Crippen LogP contribution >= 0.6 is 0 Å². The molecule has 0 spiro atoms. The van der Waals surface area contributed by atoms with Crippen molar-refractivity contribution in [2.45, 2.75) is 32.2 Å². The van der Waals surface area contributed by atoms with E-state index in [0.29, 0.717) is 39.0 Å². The number of ether oxygens (including phenoxy) is 1. The van der Waals surface area contributed by atoms with E-state index < -0.39 is 10.2 Å². The number of nitrogens with two attached hydrogens (primary N) is 1. The molecule has 2 aliphatic heterocycles. The lowest BCUT2D eigenvalue weighted by molar-refractivity contribution is -0.146. The van der Waals surface area contributed by atoms with Gasteiger partial charge in [-0.05, 0) is 25.2 Å². The zero-order valence-electron chi connectivity index (χ0n) is 12.7. The second-order valence-corrected chi connectivity index (χ2v) is 8.05. The molecule has 0 saturated carbocycles. The van der Waals surface area contributed by atoms with Gasteiger partial charge in [0.2, 0.25) is 0 Å². The fraction of sp³-hybridized carbons (Fsp3) is 0.923. The largest absolute Gasteiger partial charge is 0.469 e. The van der Waals surface area contributed by atoms with Crippen LogP contribution in [0.5, 0.6) is 0 Å². The highest BCUT2D eigenvalue weighted by Crippen LogP contribution is 2.25. The molecule has 21 heavy (non-hydrogen) atoms. The Kier molecular flexibility index (Phi) is 5.24. The maximum Gasteiger partial charge on any atom is 0.308 e. The number of hydrogen-bond donors (Lipinski definition) is 1. The Balaban J connectivity index is 1.99. The maximum absolute atomic E-state index is 12.7. The average Bonchev–Trinajstić information content (AvgIpc) is 2.45. The molecule has 122 valence electrons. The van der Waals surface area contributed by atoms with Gasteiger partial charge in [0.25, 0.3) is 10.2 Å². The molecule has 8 heteroatoms. The number of carbonyl (C=O) groups is 1. The Morgan fingerprint density at radius 1 is 1.19 bits per heavy atom. The quantitative estimate of drug-likeness (QED) is 0.726. The van der Waals surface area contributed by atoms with E-state index in [2.05, 4.69) is 0 Å². The van der Waals surface area contributed by atoms with Crippen molar-refractivity contribution >= 4 is 16.2 Å². The number of nitrogens with zero attached hydrogens (tertiary/aromatic N) is 2. The number of esters is 1. The summed E-state index contributed by atoms with van der Waals surface area (Å²) < 4.78 is 33.0. The minimum atomic E-state index is -3.47. The van der Waals surface area contributed by atoms with E-state index in [4.69, 9.17) is 10.5 Å². The van der Waals surface area contributed by atoms with Gasteiger partial charge in [-0.15, -0.1) is 0 Å². The van der Waals surface area contributed by atoms with Gasteiger partial charge in [0.05, 0.1) is 13.0 Å². The van der Waals surface area contributed by atoms with Crippen LogP contribution in [0.2, 0.25) is 0 Å². The van der Waals surface area contributed by atoms with Gasteiger partial charge in [-0.3, -0.25) is 4.79 Å². The third-order valence-electron chi connectivity index (χ3n) is 4.30. The minimum Gasteiger partial charge on any atom is -0.469 e. The molecule has 0 radical (unpaired) electrons. The summed E-state index contributed by atoms with van der Waals surface area (Å²) in [6.45, 7) is 3.64. The minimum absolute atomic E-state index is 0.101. The van der Waals surface area contributed by atoms with Gasteiger partial charge >= 0.3 is 5.97 Å². The first-order chi connectivity index (χ1) is 9.84. The predicted molar refractivity (Wildman–Crippen MR) is 78.6 cm³/mol. The predicted octanol–water partition coefficient (Wildman–Crippen LogP) is -0.215. The number of hydrogen-bond acceptors (Lipinski definition) is 5. The van der Waals surface area contributed by atoms with E-state index in [0.717, 1.165) is 6.42 Å². The van der Waals surface area contributed by atoms with Gasteiger partial charge in [-0.25, -0.2) is 0 Å². The molecule has 0 aromatic heterocycles. The Morgan fingerprint density at radius 2 is 1.81 bits per heavy atom. The van der Waals surface area contributed by atoms with E-state index in [1.807, 2.05) is 6.92 Å². The number of rotatable bonds is 3. The first-order valence-corrected chi connectivity index (χ1v) is 8.83. The van der Waals surface area contributed by atoms with E-state index in [-0.39, 0.29) is 23.8 Å². The average molecular weight is 319 g/mol. The maximum atomic E-state index is 12.7. The molecule has 2 rings (SSSR count). The van der Waals surface area contributed by atoms with Crippen LogP contribution in [0.25, 0.3) is 0 Å². The first kappa shape index (κ1) is 16.7. The van der Waals surface area contributed by atoms with E-state index in [1.54, 1.807) is 0 Å². The summed E-state index contributed by atoms with van der Waals surface area (Å²) in [4.78, 5) is 11.5. The zero-order valence-corrected chi connectivity index (χ0v) is 13.5. The van der Waals surface area contributed by atoms with Gasteiger partial charge in [-0.1, -0.05) is 6.92 Å². The first-order valence-electron chi connectivity index (χ1n) is 7.43. The monoisotopic (exact) mass is 319 g/mol. The third kappa shape index (κ3) is 3.74. The van der Waals surface area contributed by atoms with Crippen molar-refractivity contribution in [2.24, 2.45) is 17.6 Å². The van der Waals surface area contributed by atoms with Crippen LogP contribution in [-0.2, 0) is 19.7 Å². The standard InChI is InChI=1S/C13H25N3O4S/c1-10-7-12(14)9-16(8-10)21(18,19)15-5-3-11(4-6-15)13(17)20-2/h10-12H,3-9,14H2,1-2H3. The molecular formula is C13H25N3O4S. The summed E-state index contributed by atoms with van der Waals surface area (Å²) in [7, 11) is -2.11. The van der Waals surface area contributed by atoms with Crippen molar-refractivity contribution in [1.29, 1.82) is 0 Å². The Morgan fingerprint density at radius 3 is 2.33 bits per heavy atom. The Labute approximate surface area is 126 Å². The Bertz CT molecular complexity index is 464. The summed E-state index contributed by atoms with van der Waals surface area (Å²) in [6, 6.07) is -0.101. The highest BCUT2D eigenvalue weighted by Gasteiger charge is 2.37. The number of carbonyl (C=O) groups excluding carboxylic acids is 1. The highest BCUT2D eigenvalue weighted by molar-refractivity contribution is 7.86. The van der Waals surface area contributed by atoms with Crippen LogP contribution < -0.4 is 5.73 Å². The van der Waals surface area contributed by atoms with Gasteiger partial charge in [0, 0.05) is 32.2 Å². The zero-order chi connectivity index (χ0) is 15.6. The van der Waals surface area contributed by atoms with Crippen molar-refractivity contribution in [3.63, 3.8) is 0 Å². The molecule has 2 saturated heterocycles. The fourth-order valence-electron chi connectivity index (χ4n) is 3.19. The van der Waals surface area contributed by atoms with Gasteiger partial charge < -0.3 is 10.5 Å². The molecule has 7 nitrogen and oxygen atoms in total. The van der Waals surface area contributed by atoms with Crippen molar-refractivity contribution in [3.8, 4) is 0 Å². The normalized spacial score (nSPS) is 30.2. The lowest BCUT2D eigenvalue weighted by atomic mass is 9.98. The van der Waals surface area contributed by atoms with Gasteiger partial charge in [0.1, 0.15) is 0 Å². The summed E-state index contributed by atoms with van der Waals surface area (Å²) in [5.41, 5.74) is 5.94. The fourth-order valence-corrected chi connectivity index (χ4v) is 5.01. The SMILES string of the molecule is COC(=O)C1CCN(S(=O)(=O)N2CC(C)CC(N)C2)CC1. The highest BCUT2D eigenvalue weighted by atomic mass is 32.2. The van der Waals surface area contributed by atoms with E-state index in [9.17, 15) is 13.2 Å². The second kappa shape index (κ2) is 6.60. The molecule has 2 fully saturated rings. The van der Waals surface area contributed by atoms with Crippen LogP contribution in [0, 0.1) is 11.8 Å². The molecule has 0 bridgehead atoms. The molecule has 0 aromatic carbocycles. The number of methoxy groups -OCH3 is 1. The van der Waals surface area contributed by atoms with Crippen molar-refractivity contribution in [2.75, 3.05) is 33.3 Å². The van der Waals surface area contributed by atoms with Gasteiger partial charge in [0.15, 0.2) is 0 Å². The lowest BCUT2D eigenvalue weighted by Gasteiger charge is -2.38. The summed E-state index contributed by atoms with van der Waals surface area (Å²) in [6.07, 6.45) is 1.89. The molecule has 0 amide bonds. The topological polar surface area (TPSA) is 92.9 Å². The summed E-state index contributed by atoms with van der Waals surface area (Å²) in [5.74, 6) is -0.166. The molecule has 0 aromatic rings. The molecule has 2 heterocycles. The van der Waals surface area contributed by atoms with Crippen LogP contribution in [-0.4, -0.2) is 62.3 Å². The van der Waals surface area contributed by atoms with Crippen LogP contribution in [0.15, 0.2) is 0 Å². The van der Waals surface area contributed by atoms with Crippen molar-refractivity contribution < 1.29 is 17.9 Å². The van der Waals surface area contributed by atoms with E-state index in [1.165, 1.54) is 15.7 Å². The summed E-state index contributed by atoms with van der Waals surface area (Å²) >= 11 is 0. The molecule has 2 unspecified atom stereocenters. The van der Waals surface area contributed by atoms with E-state index >= 15 is 0 Å². The van der Waals surface area contributed by atoms with Crippen LogP contribution in [0.3, 0.4) is 0 Å². The molecule has 0 aliphatic carbocycles.